The molecule has 0 radical (unpaired) electrons. The molecule has 0 aromatic heterocycles. The number of halogens is 2. The molecule has 0 atom stereocenters. The number of hydrogen-bond donors (Lipinski definition) is 2. The topological polar surface area (TPSA) is 58.2 Å². The Hall–Kier alpha value is -0.590. The minimum atomic E-state index is -3.45. The molecule has 0 aliphatic carbocycles. The highest BCUT2D eigenvalue weighted by atomic mass is 35.5. The smallest absolute Gasteiger partial charge is 0.240 e. The van der Waals surface area contributed by atoms with Crippen molar-refractivity contribution in [3.8, 4) is 0 Å². The van der Waals surface area contributed by atoms with Crippen molar-refractivity contribution < 1.29 is 8.42 Å². The lowest BCUT2D eigenvalue weighted by atomic mass is 10.1. The molecule has 0 spiro atoms. The first-order chi connectivity index (χ1) is 8.58. The summed E-state index contributed by atoms with van der Waals surface area (Å²) in [7, 11) is -3.45. The summed E-state index contributed by atoms with van der Waals surface area (Å²) >= 11 is 5.73. The van der Waals surface area contributed by atoms with Crippen LogP contribution in [0, 0.1) is 0 Å². The van der Waals surface area contributed by atoms with Gasteiger partial charge in [0.2, 0.25) is 10.0 Å². The average molecular weight is 323 g/mol. The lowest BCUT2D eigenvalue weighted by Crippen LogP contribution is -2.29. The van der Waals surface area contributed by atoms with Gasteiger partial charge in [0.05, 0.1) is 4.90 Å². The van der Waals surface area contributed by atoms with Gasteiger partial charge in [-0.2, -0.15) is 0 Å². The predicted molar refractivity (Wildman–Crippen MR) is 79.5 cm³/mol. The van der Waals surface area contributed by atoms with Gasteiger partial charge in [-0.3, -0.25) is 0 Å². The van der Waals surface area contributed by atoms with Crippen molar-refractivity contribution in [3.05, 3.63) is 40.9 Å². The van der Waals surface area contributed by atoms with Gasteiger partial charge < -0.3 is 5.32 Å². The van der Waals surface area contributed by atoms with E-state index in [2.05, 4.69) is 10.0 Å². The van der Waals surface area contributed by atoms with Gasteiger partial charge in [0.25, 0.3) is 0 Å². The largest absolute Gasteiger partial charge is 0.313 e. The Bertz CT molecular complexity index is 541. The number of sulfonamides is 1. The Labute approximate surface area is 124 Å². The minimum absolute atomic E-state index is 0. The molecular formula is C12H16Cl2N2O2S. The van der Waals surface area contributed by atoms with Crippen molar-refractivity contribution in [2.45, 2.75) is 11.3 Å². The van der Waals surface area contributed by atoms with E-state index in [1.165, 1.54) is 12.1 Å². The maximum atomic E-state index is 12.0. The minimum Gasteiger partial charge on any atom is -0.313 e. The lowest BCUT2D eigenvalue weighted by molar-refractivity contribution is 0.582. The summed E-state index contributed by atoms with van der Waals surface area (Å²) in [5, 5.41) is 3.70. The van der Waals surface area contributed by atoms with Gasteiger partial charge in [0, 0.05) is 18.1 Å². The van der Waals surface area contributed by atoms with E-state index < -0.39 is 10.0 Å². The van der Waals surface area contributed by atoms with Gasteiger partial charge in [0.1, 0.15) is 0 Å². The van der Waals surface area contributed by atoms with E-state index in [0.29, 0.717) is 11.6 Å². The molecule has 1 heterocycles. The zero-order chi connectivity index (χ0) is 13.0. The molecule has 1 aliphatic heterocycles. The highest BCUT2D eigenvalue weighted by molar-refractivity contribution is 7.89. The number of hydrogen-bond acceptors (Lipinski definition) is 3. The summed E-state index contributed by atoms with van der Waals surface area (Å²) in [5.41, 5.74) is 1.12. The maximum Gasteiger partial charge on any atom is 0.240 e. The number of benzene rings is 1. The van der Waals surface area contributed by atoms with Crippen molar-refractivity contribution in [2.24, 2.45) is 0 Å². The quantitative estimate of drug-likeness (QED) is 0.833. The Morgan fingerprint density at radius 3 is 2.53 bits per heavy atom. The Balaban J connectivity index is 0.00000180. The van der Waals surface area contributed by atoms with Crippen LogP contribution in [0.4, 0.5) is 0 Å². The molecule has 2 N–H and O–H groups in total. The number of nitrogens with one attached hydrogen (secondary N) is 2. The second-order valence-corrected chi connectivity index (χ2v) is 6.30. The molecule has 0 amide bonds. The van der Waals surface area contributed by atoms with Crippen LogP contribution in [0.2, 0.25) is 5.02 Å². The monoisotopic (exact) mass is 322 g/mol. The van der Waals surface area contributed by atoms with Crippen molar-refractivity contribution >= 4 is 34.0 Å². The Morgan fingerprint density at radius 2 is 1.95 bits per heavy atom. The van der Waals surface area contributed by atoms with E-state index in [4.69, 9.17) is 11.6 Å². The summed E-state index contributed by atoms with van der Waals surface area (Å²) in [6, 6.07) is 6.14. The molecule has 1 aromatic rings. The summed E-state index contributed by atoms with van der Waals surface area (Å²) in [4.78, 5) is 0.237. The molecule has 2 rings (SSSR count). The average Bonchev–Trinajstić information content (AvgIpc) is 2.38. The summed E-state index contributed by atoms with van der Waals surface area (Å²) in [6.07, 6.45) is 2.90. The van der Waals surface area contributed by atoms with Gasteiger partial charge >= 0.3 is 0 Å². The zero-order valence-corrected chi connectivity index (χ0v) is 12.6. The van der Waals surface area contributed by atoms with Crippen LogP contribution in [0.5, 0.6) is 0 Å². The lowest BCUT2D eigenvalue weighted by Gasteiger charge is -2.14. The molecule has 1 aromatic carbocycles. The second kappa shape index (κ2) is 7.26. The second-order valence-electron chi connectivity index (χ2n) is 4.09. The molecule has 106 valence electrons. The van der Waals surface area contributed by atoms with Crippen LogP contribution in [0.1, 0.15) is 6.42 Å². The van der Waals surface area contributed by atoms with E-state index in [0.717, 1.165) is 25.1 Å². The molecular weight excluding hydrogens is 307 g/mol. The van der Waals surface area contributed by atoms with Crippen LogP contribution in [-0.2, 0) is 10.0 Å². The van der Waals surface area contributed by atoms with Crippen molar-refractivity contribution in [1.82, 2.24) is 10.0 Å². The van der Waals surface area contributed by atoms with Gasteiger partial charge in [0.15, 0.2) is 0 Å². The van der Waals surface area contributed by atoms with Crippen LogP contribution in [-0.4, -0.2) is 28.1 Å². The fourth-order valence-electron chi connectivity index (χ4n) is 1.71. The third-order valence-corrected chi connectivity index (χ3v) is 4.44. The van der Waals surface area contributed by atoms with Gasteiger partial charge in [-0.25, -0.2) is 13.1 Å². The van der Waals surface area contributed by atoms with Crippen LogP contribution in [0.15, 0.2) is 40.8 Å². The molecule has 1 aliphatic rings. The third kappa shape index (κ3) is 4.78. The maximum absolute atomic E-state index is 12.0. The molecule has 0 saturated heterocycles. The van der Waals surface area contributed by atoms with Crippen LogP contribution in [0.25, 0.3) is 0 Å². The first-order valence-electron chi connectivity index (χ1n) is 5.72. The van der Waals surface area contributed by atoms with Gasteiger partial charge in [-0.15, -0.1) is 12.4 Å². The fourth-order valence-corrected chi connectivity index (χ4v) is 2.88. The fraction of sp³-hybridized carbons (Fsp3) is 0.333. The zero-order valence-electron chi connectivity index (χ0n) is 10.2. The van der Waals surface area contributed by atoms with E-state index in [1.54, 1.807) is 12.1 Å². The standard InChI is InChI=1S/C12H15ClN2O2S.ClH/c13-11-1-3-12(4-2-11)18(16,17)15-9-10-5-7-14-8-6-10;/h1-5,14-15H,6-9H2;1H. The molecule has 0 fully saturated rings. The van der Waals surface area contributed by atoms with Crippen LogP contribution < -0.4 is 10.0 Å². The third-order valence-electron chi connectivity index (χ3n) is 2.77. The molecule has 0 bridgehead atoms. The van der Waals surface area contributed by atoms with Gasteiger partial charge in [-0.05, 0) is 37.2 Å². The molecule has 0 unspecified atom stereocenters. The predicted octanol–water partition coefficient (Wildman–Crippen LogP) is 1.96. The van der Waals surface area contributed by atoms with E-state index in [1.807, 2.05) is 6.08 Å². The highest BCUT2D eigenvalue weighted by Crippen LogP contribution is 2.14. The number of rotatable bonds is 4. The first-order valence-corrected chi connectivity index (χ1v) is 7.58. The van der Waals surface area contributed by atoms with E-state index in [-0.39, 0.29) is 17.3 Å². The highest BCUT2D eigenvalue weighted by Gasteiger charge is 2.14. The van der Waals surface area contributed by atoms with Gasteiger partial charge in [-0.1, -0.05) is 23.3 Å². The van der Waals surface area contributed by atoms with Crippen LogP contribution >= 0.6 is 24.0 Å². The molecule has 7 heteroatoms. The first kappa shape index (κ1) is 16.5. The van der Waals surface area contributed by atoms with Crippen molar-refractivity contribution in [3.63, 3.8) is 0 Å². The van der Waals surface area contributed by atoms with Crippen LogP contribution in [0.3, 0.4) is 0 Å². The van der Waals surface area contributed by atoms with Crippen molar-refractivity contribution in [1.29, 1.82) is 0 Å². The normalized spacial score (nSPS) is 15.5. The molecule has 0 saturated carbocycles. The SMILES string of the molecule is Cl.O=S(=O)(NCC1=CCNCC1)c1ccc(Cl)cc1. The van der Waals surface area contributed by atoms with Crippen molar-refractivity contribution in [2.75, 3.05) is 19.6 Å². The molecule has 4 nitrogen and oxygen atoms in total. The van der Waals surface area contributed by atoms with E-state index in [9.17, 15) is 8.42 Å². The summed E-state index contributed by atoms with van der Waals surface area (Å²) < 4.78 is 26.6. The van der Waals surface area contributed by atoms with E-state index >= 15 is 0 Å². The summed E-state index contributed by atoms with van der Waals surface area (Å²) in [5.74, 6) is 0. The summed E-state index contributed by atoms with van der Waals surface area (Å²) in [6.45, 7) is 2.07. The Morgan fingerprint density at radius 1 is 1.26 bits per heavy atom. The Kier molecular flexibility index (Phi) is 6.29. The molecule has 19 heavy (non-hydrogen) atoms.